The minimum atomic E-state index is -1.45. The number of aliphatic hydroxyl groups excluding tert-OH is 1. The second-order valence-electron chi connectivity index (χ2n) is 3.75. The van der Waals surface area contributed by atoms with Crippen molar-refractivity contribution in [3.8, 4) is 0 Å². The maximum absolute atomic E-state index is 11.5. The Hall–Kier alpha value is -2.49. The van der Waals surface area contributed by atoms with E-state index in [9.17, 15) is 19.7 Å². The molecule has 0 saturated carbocycles. The molecule has 1 rings (SSSR count). The predicted octanol–water partition coefficient (Wildman–Crippen LogP) is -1.26. The van der Waals surface area contributed by atoms with Crippen LogP contribution >= 0.6 is 0 Å². The van der Waals surface area contributed by atoms with E-state index >= 15 is 0 Å². The number of hydrogen-bond donors (Lipinski definition) is 3. The first-order chi connectivity index (χ1) is 8.81. The summed E-state index contributed by atoms with van der Waals surface area (Å²) in [5, 5.41) is 33.9. The molecular weight excluding hydrogens is 260 g/mol. The largest absolute Gasteiger partial charge is 0.480 e. The van der Waals surface area contributed by atoms with Crippen molar-refractivity contribution in [2.45, 2.75) is 25.6 Å². The lowest BCUT2D eigenvalue weighted by Gasteiger charge is -2.16. The molecule has 2 unspecified atom stereocenters. The highest BCUT2D eigenvalue weighted by Crippen LogP contribution is 2.05. The summed E-state index contributed by atoms with van der Waals surface area (Å²) in [7, 11) is 0. The van der Waals surface area contributed by atoms with Gasteiger partial charge in [-0.25, -0.2) is 4.79 Å². The lowest BCUT2D eigenvalue weighted by atomic mass is 10.2. The monoisotopic (exact) mass is 272 g/mol. The van der Waals surface area contributed by atoms with Gasteiger partial charge in [-0.2, -0.15) is 4.68 Å². The van der Waals surface area contributed by atoms with Gasteiger partial charge in [0.1, 0.15) is 6.54 Å². The first kappa shape index (κ1) is 14.6. The maximum Gasteiger partial charge on any atom is 0.389 e. The highest BCUT2D eigenvalue weighted by Gasteiger charge is 2.25. The Kier molecular flexibility index (Phi) is 4.53. The van der Waals surface area contributed by atoms with E-state index in [4.69, 9.17) is 10.2 Å². The SMILES string of the molecule is CC(O)C(NC(=O)Cn1ccc([N+](=O)[O-])n1)C(=O)O. The third-order valence-electron chi connectivity index (χ3n) is 2.18. The third kappa shape index (κ3) is 4.03. The second-order valence-corrected chi connectivity index (χ2v) is 3.75. The molecule has 0 spiro atoms. The molecule has 1 heterocycles. The van der Waals surface area contributed by atoms with Crippen molar-refractivity contribution in [2.75, 3.05) is 0 Å². The van der Waals surface area contributed by atoms with Gasteiger partial charge in [-0.3, -0.25) is 4.79 Å². The van der Waals surface area contributed by atoms with E-state index in [2.05, 4.69) is 10.4 Å². The Labute approximate surface area is 106 Å². The molecule has 10 nitrogen and oxygen atoms in total. The average molecular weight is 272 g/mol. The zero-order valence-corrected chi connectivity index (χ0v) is 9.89. The van der Waals surface area contributed by atoms with Crippen LogP contribution in [0.4, 0.5) is 5.82 Å². The van der Waals surface area contributed by atoms with Crippen molar-refractivity contribution in [1.82, 2.24) is 15.1 Å². The minimum Gasteiger partial charge on any atom is -0.480 e. The molecule has 0 aliphatic heterocycles. The first-order valence-electron chi connectivity index (χ1n) is 5.19. The Morgan fingerprint density at radius 1 is 1.63 bits per heavy atom. The molecule has 19 heavy (non-hydrogen) atoms. The summed E-state index contributed by atoms with van der Waals surface area (Å²) in [5.41, 5.74) is 0. The molecule has 0 aliphatic rings. The number of rotatable bonds is 6. The fourth-order valence-corrected chi connectivity index (χ4v) is 1.29. The van der Waals surface area contributed by atoms with Crippen LogP contribution in [0.1, 0.15) is 6.92 Å². The van der Waals surface area contributed by atoms with Crippen LogP contribution in [0.15, 0.2) is 12.3 Å². The summed E-state index contributed by atoms with van der Waals surface area (Å²) in [4.78, 5) is 31.9. The van der Waals surface area contributed by atoms with Gasteiger partial charge in [-0.15, -0.1) is 0 Å². The summed E-state index contributed by atoms with van der Waals surface area (Å²) in [5.74, 6) is -2.53. The fraction of sp³-hybridized carbons (Fsp3) is 0.444. The number of aliphatic hydroxyl groups is 1. The quantitative estimate of drug-likeness (QED) is 0.432. The molecule has 1 amide bonds. The number of carboxylic acids is 1. The maximum atomic E-state index is 11.5. The molecular formula is C9H12N4O6. The number of carboxylic acid groups (broad SMARTS) is 1. The molecule has 0 aliphatic carbocycles. The minimum absolute atomic E-state index is 0.385. The van der Waals surface area contributed by atoms with Crippen molar-refractivity contribution in [2.24, 2.45) is 0 Å². The van der Waals surface area contributed by atoms with E-state index in [1.807, 2.05) is 0 Å². The average Bonchev–Trinajstić information content (AvgIpc) is 2.73. The van der Waals surface area contributed by atoms with Gasteiger partial charge in [0, 0.05) is 0 Å². The first-order valence-corrected chi connectivity index (χ1v) is 5.19. The van der Waals surface area contributed by atoms with E-state index in [0.29, 0.717) is 0 Å². The summed E-state index contributed by atoms with van der Waals surface area (Å²) in [6, 6.07) is -0.338. The number of nitrogens with one attached hydrogen (secondary N) is 1. The van der Waals surface area contributed by atoms with Crippen LogP contribution in [0.3, 0.4) is 0 Å². The van der Waals surface area contributed by atoms with E-state index in [1.54, 1.807) is 0 Å². The molecule has 0 saturated heterocycles. The normalized spacial score (nSPS) is 13.6. The van der Waals surface area contributed by atoms with Gasteiger partial charge in [0.15, 0.2) is 6.04 Å². The van der Waals surface area contributed by atoms with Crippen molar-refractivity contribution in [3.05, 3.63) is 22.4 Å². The zero-order valence-electron chi connectivity index (χ0n) is 9.89. The number of carbonyl (C=O) groups is 2. The van der Waals surface area contributed by atoms with Crippen molar-refractivity contribution in [1.29, 1.82) is 0 Å². The zero-order chi connectivity index (χ0) is 14.6. The van der Waals surface area contributed by atoms with Crippen molar-refractivity contribution in [3.63, 3.8) is 0 Å². The van der Waals surface area contributed by atoms with Gasteiger partial charge in [0.2, 0.25) is 5.91 Å². The highest BCUT2D eigenvalue weighted by molar-refractivity contribution is 5.83. The van der Waals surface area contributed by atoms with Gasteiger partial charge in [0.25, 0.3) is 0 Å². The van der Waals surface area contributed by atoms with Crippen LogP contribution in [-0.2, 0) is 16.1 Å². The molecule has 104 valence electrons. The van der Waals surface area contributed by atoms with E-state index in [1.165, 1.54) is 13.1 Å². The Bertz CT molecular complexity index is 497. The standard InChI is InChI=1S/C9H12N4O6/c1-5(14)8(9(16)17)10-7(15)4-12-3-2-6(11-12)13(18)19/h2-3,5,8,14H,4H2,1H3,(H,10,15)(H,16,17). The Morgan fingerprint density at radius 3 is 2.68 bits per heavy atom. The van der Waals surface area contributed by atoms with Crippen molar-refractivity contribution < 1.29 is 24.7 Å². The molecule has 0 aromatic carbocycles. The summed E-state index contributed by atoms with van der Waals surface area (Å²) < 4.78 is 0.994. The topological polar surface area (TPSA) is 148 Å². The molecule has 1 aromatic rings. The number of aromatic nitrogens is 2. The number of hydrogen-bond acceptors (Lipinski definition) is 6. The summed E-state index contributed by atoms with van der Waals surface area (Å²) >= 11 is 0. The molecule has 0 bridgehead atoms. The highest BCUT2D eigenvalue weighted by atomic mass is 16.6. The van der Waals surface area contributed by atoms with Crippen LogP contribution in [0.25, 0.3) is 0 Å². The van der Waals surface area contributed by atoms with Crippen LogP contribution < -0.4 is 5.32 Å². The lowest BCUT2D eigenvalue weighted by molar-refractivity contribution is -0.389. The van der Waals surface area contributed by atoms with Gasteiger partial charge in [0.05, 0.1) is 23.5 Å². The number of amides is 1. The van der Waals surface area contributed by atoms with Crippen LogP contribution in [-0.4, -0.2) is 48.9 Å². The lowest BCUT2D eigenvalue weighted by Crippen LogP contribution is -2.48. The molecule has 2 atom stereocenters. The van der Waals surface area contributed by atoms with Gasteiger partial charge in [-0.1, -0.05) is 0 Å². The van der Waals surface area contributed by atoms with Crippen LogP contribution in [0.5, 0.6) is 0 Å². The van der Waals surface area contributed by atoms with E-state index in [0.717, 1.165) is 10.7 Å². The van der Waals surface area contributed by atoms with Gasteiger partial charge >= 0.3 is 11.8 Å². The fourth-order valence-electron chi connectivity index (χ4n) is 1.29. The molecule has 1 aromatic heterocycles. The predicted molar refractivity (Wildman–Crippen MR) is 60.1 cm³/mol. The van der Waals surface area contributed by atoms with Crippen LogP contribution in [0.2, 0.25) is 0 Å². The number of aliphatic carboxylic acids is 1. The van der Waals surface area contributed by atoms with Crippen molar-refractivity contribution >= 4 is 17.7 Å². The van der Waals surface area contributed by atoms with Gasteiger partial charge < -0.3 is 25.6 Å². The van der Waals surface area contributed by atoms with Gasteiger partial charge in [-0.05, 0) is 11.8 Å². The second kappa shape index (κ2) is 5.91. The molecule has 10 heteroatoms. The molecule has 0 radical (unpaired) electrons. The summed E-state index contributed by atoms with van der Waals surface area (Å²) in [6.45, 7) is 0.835. The Balaban J connectivity index is 2.63. The number of nitro groups is 1. The third-order valence-corrected chi connectivity index (χ3v) is 2.18. The number of carbonyl (C=O) groups excluding carboxylic acids is 1. The Morgan fingerprint density at radius 2 is 2.26 bits per heavy atom. The smallest absolute Gasteiger partial charge is 0.389 e. The van der Waals surface area contributed by atoms with Crippen LogP contribution in [0, 0.1) is 10.1 Å². The van der Waals surface area contributed by atoms with E-state index < -0.39 is 34.8 Å². The molecule has 0 fully saturated rings. The summed E-state index contributed by atoms with van der Waals surface area (Å²) in [6.07, 6.45) is -0.0519. The molecule has 3 N–H and O–H groups in total. The van der Waals surface area contributed by atoms with E-state index in [-0.39, 0.29) is 6.54 Å². The number of nitrogens with zero attached hydrogens (tertiary/aromatic N) is 3.